The van der Waals surface area contributed by atoms with Gasteiger partial charge in [-0.2, -0.15) is 8.78 Å². The molecule has 0 aromatic rings. The van der Waals surface area contributed by atoms with Crippen LogP contribution in [0.25, 0.3) is 0 Å². The summed E-state index contributed by atoms with van der Waals surface area (Å²) in [5.74, 6) is 0. The molecule has 2 N–H and O–H groups in total. The minimum atomic E-state index is -4.45. The van der Waals surface area contributed by atoms with Gasteiger partial charge in [0.1, 0.15) is 0 Å². The van der Waals surface area contributed by atoms with Crippen LogP contribution in [0.15, 0.2) is 0 Å². The van der Waals surface area contributed by atoms with Gasteiger partial charge >= 0.3 is 13.3 Å². The number of ether oxygens (including phenoxy) is 2. The van der Waals surface area contributed by atoms with Crippen LogP contribution in [0.2, 0.25) is 0 Å². The van der Waals surface area contributed by atoms with Gasteiger partial charge in [0.15, 0.2) is 0 Å². The lowest BCUT2D eigenvalue weighted by molar-refractivity contribution is -0.00805. The molecule has 0 aliphatic heterocycles. The van der Waals surface area contributed by atoms with Crippen molar-refractivity contribution in [2.24, 2.45) is 5.73 Å². The van der Waals surface area contributed by atoms with Gasteiger partial charge < -0.3 is 24.3 Å². The summed E-state index contributed by atoms with van der Waals surface area (Å²) in [7, 11) is -4.45. The molecule has 0 unspecified atom stereocenters. The average molecular weight is 356 g/mol. The number of halogens is 3. The summed E-state index contributed by atoms with van der Waals surface area (Å²) in [6, 6.07) is 0. The minimum Gasteiger partial charge on any atom is -0.379 e. The van der Waals surface area contributed by atoms with Crippen LogP contribution in [0, 0.1) is 0 Å². The van der Waals surface area contributed by atoms with Gasteiger partial charge in [-0.15, -0.1) is 12.4 Å². The summed E-state index contributed by atoms with van der Waals surface area (Å²) >= 11 is 0. The van der Waals surface area contributed by atoms with Gasteiger partial charge in [0, 0.05) is 13.0 Å². The second kappa shape index (κ2) is 12.7. The monoisotopic (exact) mass is 355 g/mol. The van der Waals surface area contributed by atoms with Crippen molar-refractivity contribution in [1.82, 2.24) is 0 Å². The predicted molar refractivity (Wildman–Crippen MR) is 78.4 cm³/mol. The van der Waals surface area contributed by atoms with E-state index in [-0.39, 0.29) is 45.4 Å². The molecule has 6 nitrogen and oxygen atoms in total. The molecule has 0 radical (unpaired) electrons. The first-order valence-electron chi connectivity index (χ1n) is 6.56. The number of nitrogens with two attached hydrogens (primary N) is 1. The summed E-state index contributed by atoms with van der Waals surface area (Å²) in [6.07, 6.45) is -0.735. The maximum Gasteiger partial charge on any atom is 0.399 e. The van der Waals surface area contributed by atoms with E-state index in [9.17, 15) is 13.3 Å². The Balaban J connectivity index is 0. The topological polar surface area (TPSA) is 80.0 Å². The largest absolute Gasteiger partial charge is 0.399 e. The van der Waals surface area contributed by atoms with Gasteiger partial charge in [0.2, 0.25) is 0 Å². The second-order valence-electron chi connectivity index (χ2n) is 3.76. The van der Waals surface area contributed by atoms with Crippen LogP contribution in [0.4, 0.5) is 8.78 Å². The first-order valence-corrected chi connectivity index (χ1v) is 8.10. The smallest absolute Gasteiger partial charge is 0.379 e. The molecule has 0 heterocycles. The van der Waals surface area contributed by atoms with Gasteiger partial charge in [-0.25, -0.2) is 0 Å². The minimum absolute atomic E-state index is 0. The zero-order valence-corrected chi connectivity index (χ0v) is 14.1. The maximum absolute atomic E-state index is 13.8. The molecule has 0 atom stereocenters. The van der Waals surface area contributed by atoms with Crippen LogP contribution in [0.1, 0.15) is 20.3 Å². The molecule has 0 rings (SSSR count). The number of alkyl halides is 2. The lowest BCUT2D eigenvalue weighted by atomic mass is 10.5. The lowest BCUT2D eigenvalue weighted by Gasteiger charge is -2.25. The highest BCUT2D eigenvalue weighted by Gasteiger charge is 2.52. The van der Waals surface area contributed by atoms with Gasteiger partial charge in [0.25, 0.3) is 0 Å². The Morgan fingerprint density at radius 1 is 1.00 bits per heavy atom. The van der Waals surface area contributed by atoms with E-state index in [1.54, 1.807) is 0 Å². The lowest BCUT2D eigenvalue weighted by Crippen LogP contribution is -2.23. The van der Waals surface area contributed by atoms with E-state index in [2.05, 4.69) is 9.05 Å². The van der Waals surface area contributed by atoms with Crippen molar-refractivity contribution >= 4 is 20.0 Å². The summed E-state index contributed by atoms with van der Waals surface area (Å²) in [5.41, 5.74) is 1.64. The van der Waals surface area contributed by atoms with E-state index in [0.717, 1.165) is 0 Å². The average Bonchev–Trinajstić information content (AvgIpc) is 2.38. The van der Waals surface area contributed by atoms with Crippen molar-refractivity contribution in [2.45, 2.75) is 25.9 Å². The summed E-state index contributed by atoms with van der Waals surface area (Å²) in [5, 5.41) is 0. The number of rotatable bonds is 13. The normalized spacial score (nSPS) is 12.2. The molecule has 0 aromatic heterocycles. The molecule has 10 heteroatoms. The molecular weight excluding hydrogens is 331 g/mol. The van der Waals surface area contributed by atoms with Crippen LogP contribution in [0.5, 0.6) is 0 Å². The fourth-order valence-electron chi connectivity index (χ4n) is 1.30. The van der Waals surface area contributed by atoms with E-state index in [0.29, 0.717) is 13.2 Å². The first-order chi connectivity index (χ1) is 9.43. The zero-order valence-electron chi connectivity index (χ0n) is 12.4. The molecule has 0 amide bonds. The molecule has 0 bridgehead atoms. The van der Waals surface area contributed by atoms with Gasteiger partial charge in [-0.05, 0) is 13.8 Å². The van der Waals surface area contributed by atoms with Crippen molar-refractivity contribution in [2.75, 3.05) is 46.2 Å². The fraction of sp³-hybridized carbons (Fsp3) is 1.00. The summed E-state index contributed by atoms with van der Waals surface area (Å²) < 4.78 is 58.9. The van der Waals surface area contributed by atoms with E-state index in [1.807, 2.05) is 0 Å². The van der Waals surface area contributed by atoms with Crippen molar-refractivity contribution in [1.29, 1.82) is 0 Å². The molecule has 0 fully saturated rings. The third-order valence-corrected chi connectivity index (χ3v) is 4.40. The SMILES string of the molecule is CCOP(=O)(OCC)C(F)(F)CCOCCOCCN.Cl. The number of hydrogen-bond donors (Lipinski definition) is 1. The van der Waals surface area contributed by atoms with Crippen molar-refractivity contribution in [3.63, 3.8) is 0 Å². The molecule has 21 heavy (non-hydrogen) atoms. The van der Waals surface area contributed by atoms with Crippen molar-refractivity contribution in [3.8, 4) is 0 Å². The zero-order chi connectivity index (χ0) is 15.5. The predicted octanol–water partition coefficient (Wildman–Crippen LogP) is 2.65. The Bertz CT molecular complexity index is 290. The van der Waals surface area contributed by atoms with Crippen LogP contribution < -0.4 is 5.73 Å². The molecule has 0 spiro atoms. The summed E-state index contributed by atoms with van der Waals surface area (Å²) in [4.78, 5) is 0. The van der Waals surface area contributed by atoms with Crippen LogP contribution in [-0.4, -0.2) is 51.8 Å². The Morgan fingerprint density at radius 2 is 1.48 bits per heavy atom. The van der Waals surface area contributed by atoms with Crippen LogP contribution in [0.3, 0.4) is 0 Å². The molecule has 0 aliphatic carbocycles. The molecular formula is C11H25ClF2NO5P. The summed E-state index contributed by atoms with van der Waals surface area (Å²) in [6.45, 7) is 3.71. The van der Waals surface area contributed by atoms with Gasteiger partial charge in [-0.1, -0.05) is 0 Å². The Kier molecular flexibility index (Phi) is 14.2. The van der Waals surface area contributed by atoms with E-state index < -0.39 is 19.7 Å². The highest BCUT2D eigenvalue weighted by molar-refractivity contribution is 7.55. The highest BCUT2D eigenvalue weighted by Crippen LogP contribution is 2.63. The standard InChI is InChI=1S/C11H24F2NO5P.ClH/c1-3-18-20(15,19-4-2)11(12,13)5-7-16-9-10-17-8-6-14;/h3-10,14H2,1-2H3;1H. The second-order valence-corrected chi connectivity index (χ2v) is 5.93. The van der Waals surface area contributed by atoms with Gasteiger partial charge in [0.05, 0.1) is 39.6 Å². The number of hydrogen-bond acceptors (Lipinski definition) is 6. The molecule has 0 saturated carbocycles. The van der Waals surface area contributed by atoms with Crippen LogP contribution >= 0.6 is 20.0 Å². The highest BCUT2D eigenvalue weighted by atomic mass is 35.5. The van der Waals surface area contributed by atoms with E-state index in [1.165, 1.54) is 13.8 Å². The molecule has 0 aliphatic rings. The third kappa shape index (κ3) is 9.03. The quantitative estimate of drug-likeness (QED) is 0.404. The molecule has 130 valence electrons. The van der Waals surface area contributed by atoms with Crippen LogP contribution in [-0.2, 0) is 23.1 Å². The third-order valence-electron chi connectivity index (χ3n) is 2.18. The Morgan fingerprint density at radius 3 is 1.90 bits per heavy atom. The Hall–Kier alpha value is 0.180. The van der Waals surface area contributed by atoms with Crippen molar-refractivity contribution < 1.29 is 31.9 Å². The van der Waals surface area contributed by atoms with E-state index in [4.69, 9.17) is 15.2 Å². The maximum atomic E-state index is 13.8. The Labute approximate surface area is 130 Å². The molecule has 0 aromatic carbocycles. The van der Waals surface area contributed by atoms with Crippen molar-refractivity contribution in [3.05, 3.63) is 0 Å². The fourth-order valence-corrected chi connectivity index (χ4v) is 2.80. The van der Waals surface area contributed by atoms with E-state index >= 15 is 0 Å². The first kappa shape index (κ1) is 23.4. The molecule has 0 saturated heterocycles. The van der Waals surface area contributed by atoms with Gasteiger partial charge in [-0.3, -0.25) is 4.57 Å².